The third-order valence-corrected chi connectivity index (χ3v) is 6.37. The lowest BCUT2D eigenvalue weighted by atomic mass is 9.90. The van der Waals surface area contributed by atoms with Crippen LogP contribution < -0.4 is 0 Å². The first-order chi connectivity index (χ1) is 16.5. The lowest BCUT2D eigenvalue weighted by molar-refractivity contribution is 0.738. The van der Waals surface area contributed by atoms with Crippen molar-refractivity contribution in [2.75, 3.05) is 0 Å². The monoisotopic (exact) mass is 443 g/mol. The van der Waals surface area contributed by atoms with Crippen LogP contribution in [0.4, 0.5) is 0 Å². The molecule has 0 spiro atoms. The minimum Gasteiger partial charge on any atom is -0.208 e. The Morgan fingerprint density at radius 2 is 1.47 bits per heavy atom. The summed E-state index contributed by atoms with van der Waals surface area (Å²) in [4.78, 5) is 14.9. The van der Waals surface area contributed by atoms with Crippen molar-refractivity contribution in [3.63, 3.8) is 0 Å². The second-order valence-corrected chi connectivity index (χ2v) is 9.23. The highest BCUT2D eigenvalue weighted by atomic mass is 15.0. The van der Waals surface area contributed by atoms with Gasteiger partial charge in [0.25, 0.3) is 0 Å². The molecular weight excluding hydrogens is 414 g/mol. The zero-order valence-corrected chi connectivity index (χ0v) is 20.2. The normalized spacial score (nSPS) is 15.3. The number of allylic oxidation sites excluding steroid dienone is 4. The first-order valence-corrected chi connectivity index (χ1v) is 11.9. The molecular formula is C31H29N3. The van der Waals surface area contributed by atoms with Crippen molar-refractivity contribution in [2.24, 2.45) is 5.92 Å². The molecule has 3 aromatic carbocycles. The number of hydrogen-bond donors (Lipinski definition) is 0. The van der Waals surface area contributed by atoms with Gasteiger partial charge in [-0.2, -0.15) is 0 Å². The molecule has 0 radical (unpaired) electrons. The van der Waals surface area contributed by atoms with Crippen molar-refractivity contribution in [3.05, 3.63) is 107 Å². The first-order valence-electron chi connectivity index (χ1n) is 11.9. The molecule has 3 nitrogen and oxygen atoms in total. The molecule has 5 rings (SSSR count). The van der Waals surface area contributed by atoms with E-state index in [1.54, 1.807) is 0 Å². The molecule has 0 N–H and O–H groups in total. The van der Waals surface area contributed by atoms with Gasteiger partial charge in [-0.15, -0.1) is 0 Å². The number of aromatic nitrogens is 3. The fourth-order valence-electron chi connectivity index (χ4n) is 4.55. The van der Waals surface area contributed by atoms with Crippen molar-refractivity contribution in [1.82, 2.24) is 15.0 Å². The van der Waals surface area contributed by atoms with Crippen LogP contribution in [-0.4, -0.2) is 15.0 Å². The minimum absolute atomic E-state index is 0.463. The highest BCUT2D eigenvalue weighted by Gasteiger charge is 2.19. The van der Waals surface area contributed by atoms with Crippen LogP contribution in [0.15, 0.2) is 85.0 Å². The van der Waals surface area contributed by atoms with Gasteiger partial charge in [0.2, 0.25) is 0 Å². The minimum atomic E-state index is 0.463. The van der Waals surface area contributed by atoms with Crippen molar-refractivity contribution in [3.8, 4) is 33.9 Å². The van der Waals surface area contributed by atoms with E-state index in [2.05, 4.69) is 94.5 Å². The molecule has 3 heteroatoms. The molecule has 1 atom stereocenters. The van der Waals surface area contributed by atoms with E-state index in [9.17, 15) is 0 Å². The van der Waals surface area contributed by atoms with E-state index in [-0.39, 0.29) is 0 Å². The summed E-state index contributed by atoms with van der Waals surface area (Å²) in [5, 5.41) is 0. The largest absolute Gasteiger partial charge is 0.208 e. The molecule has 0 amide bonds. The molecule has 34 heavy (non-hydrogen) atoms. The molecule has 1 aliphatic rings. The Kier molecular flexibility index (Phi) is 5.93. The fourth-order valence-corrected chi connectivity index (χ4v) is 4.55. The van der Waals surface area contributed by atoms with Crippen molar-refractivity contribution in [2.45, 2.75) is 34.1 Å². The molecule has 0 saturated heterocycles. The number of benzene rings is 3. The highest BCUT2D eigenvalue weighted by Crippen LogP contribution is 2.36. The van der Waals surface area contributed by atoms with Gasteiger partial charge in [0.1, 0.15) is 0 Å². The van der Waals surface area contributed by atoms with E-state index in [4.69, 9.17) is 15.0 Å². The van der Waals surface area contributed by atoms with Gasteiger partial charge < -0.3 is 0 Å². The molecule has 1 aliphatic carbocycles. The highest BCUT2D eigenvalue weighted by molar-refractivity contribution is 5.86. The van der Waals surface area contributed by atoms with Gasteiger partial charge in [-0.25, -0.2) is 15.0 Å². The van der Waals surface area contributed by atoms with Crippen LogP contribution in [0, 0.1) is 26.7 Å². The third-order valence-electron chi connectivity index (χ3n) is 6.37. The summed E-state index contributed by atoms with van der Waals surface area (Å²) < 4.78 is 0. The SMILES string of the molecule is Cc1ccc(C)c(-c2c(C)cccc2-c2nc(C3=CC(C)CC=C3)nc(-c3ccccc3)n2)c1. The molecule has 1 heterocycles. The van der Waals surface area contributed by atoms with Crippen LogP contribution in [0.2, 0.25) is 0 Å². The molecule has 168 valence electrons. The van der Waals surface area contributed by atoms with Crippen LogP contribution in [0.25, 0.3) is 39.5 Å². The molecule has 0 aliphatic heterocycles. The zero-order valence-electron chi connectivity index (χ0n) is 20.2. The van der Waals surface area contributed by atoms with Crippen LogP contribution in [-0.2, 0) is 0 Å². The van der Waals surface area contributed by atoms with E-state index >= 15 is 0 Å². The summed E-state index contributed by atoms with van der Waals surface area (Å²) in [6.07, 6.45) is 7.65. The summed E-state index contributed by atoms with van der Waals surface area (Å²) in [7, 11) is 0. The van der Waals surface area contributed by atoms with Crippen molar-refractivity contribution >= 4 is 5.57 Å². The van der Waals surface area contributed by atoms with Crippen LogP contribution >= 0.6 is 0 Å². The Labute approximate surface area is 202 Å². The Balaban J connectivity index is 1.77. The Bertz CT molecular complexity index is 1410. The van der Waals surface area contributed by atoms with E-state index in [1.807, 2.05) is 18.2 Å². The van der Waals surface area contributed by atoms with E-state index in [1.165, 1.54) is 27.8 Å². The Morgan fingerprint density at radius 1 is 0.706 bits per heavy atom. The maximum Gasteiger partial charge on any atom is 0.164 e. The molecule has 0 fully saturated rings. The Hall–Kier alpha value is -3.85. The average Bonchev–Trinajstić information content (AvgIpc) is 2.86. The van der Waals surface area contributed by atoms with Gasteiger partial charge in [-0.1, -0.05) is 97.4 Å². The quantitative estimate of drug-likeness (QED) is 0.323. The number of rotatable bonds is 4. The van der Waals surface area contributed by atoms with E-state index in [0.717, 1.165) is 28.9 Å². The lowest BCUT2D eigenvalue weighted by Gasteiger charge is -2.17. The third kappa shape index (κ3) is 4.34. The smallest absolute Gasteiger partial charge is 0.164 e. The predicted octanol–water partition coefficient (Wildman–Crippen LogP) is 7.78. The van der Waals surface area contributed by atoms with Crippen molar-refractivity contribution < 1.29 is 0 Å². The van der Waals surface area contributed by atoms with Crippen molar-refractivity contribution in [1.29, 1.82) is 0 Å². The van der Waals surface area contributed by atoms with Gasteiger partial charge in [-0.05, 0) is 55.4 Å². The second-order valence-electron chi connectivity index (χ2n) is 9.23. The summed E-state index contributed by atoms with van der Waals surface area (Å²) in [5.41, 5.74) is 9.17. The molecule has 0 bridgehead atoms. The fraction of sp³-hybridized carbons (Fsp3) is 0.194. The predicted molar refractivity (Wildman–Crippen MR) is 141 cm³/mol. The van der Waals surface area contributed by atoms with Crippen LogP contribution in [0.1, 0.15) is 35.9 Å². The summed E-state index contributed by atoms with van der Waals surface area (Å²) in [6.45, 7) is 8.69. The molecule has 1 aromatic heterocycles. The van der Waals surface area contributed by atoms with Crippen LogP contribution in [0.5, 0.6) is 0 Å². The van der Waals surface area contributed by atoms with Gasteiger partial charge in [0.15, 0.2) is 17.5 Å². The van der Waals surface area contributed by atoms with Gasteiger partial charge in [0.05, 0.1) is 0 Å². The standard InChI is InChI=1S/C31H29N3/c1-20-10-8-14-25(18-20)30-32-29(24-12-6-5-7-13-24)33-31(34-30)26-15-9-11-23(4)28(26)27-19-21(2)16-17-22(27)3/h5-9,11-20H,10H2,1-4H3. The first kappa shape index (κ1) is 22.0. The summed E-state index contributed by atoms with van der Waals surface area (Å²) in [5.74, 6) is 2.59. The summed E-state index contributed by atoms with van der Waals surface area (Å²) in [6, 6.07) is 23.2. The molecule has 1 unspecified atom stereocenters. The Morgan fingerprint density at radius 3 is 2.26 bits per heavy atom. The maximum absolute atomic E-state index is 5.02. The second kappa shape index (κ2) is 9.18. The van der Waals surface area contributed by atoms with Crippen LogP contribution in [0.3, 0.4) is 0 Å². The summed E-state index contributed by atoms with van der Waals surface area (Å²) >= 11 is 0. The number of nitrogens with zero attached hydrogens (tertiary/aromatic N) is 3. The maximum atomic E-state index is 5.02. The van der Waals surface area contributed by atoms with E-state index in [0.29, 0.717) is 17.6 Å². The number of hydrogen-bond acceptors (Lipinski definition) is 3. The van der Waals surface area contributed by atoms with E-state index < -0.39 is 0 Å². The van der Waals surface area contributed by atoms with Gasteiger partial charge in [0, 0.05) is 16.7 Å². The topological polar surface area (TPSA) is 38.7 Å². The average molecular weight is 444 g/mol. The zero-order chi connectivity index (χ0) is 23.7. The lowest BCUT2D eigenvalue weighted by Crippen LogP contribution is -2.05. The van der Waals surface area contributed by atoms with Gasteiger partial charge >= 0.3 is 0 Å². The molecule has 0 saturated carbocycles. The van der Waals surface area contributed by atoms with Gasteiger partial charge in [-0.3, -0.25) is 0 Å². The number of aryl methyl sites for hydroxylation is 3. The molecule has 4 aromatic rings.